The average molecular weight is 166 g/mol. The Morgan fingerprint density at radius 1 is 1.17 bits per heavy atom. The second kappa shape index (κ2) is 5.18. The summed E-state index contributed by atoms with van der Waals surface area (Å²) < 4.78 is 0. The number of hydrogen-bond donors (Lipinski definition) is 0. The van der Waals surface area contributed by atoms with Gasteiger partial charge in [-0.1, -0.05) is 52.0 Å². The van der Waals surface area contributed by atoms with Crippen molar-refractivity contribution in [3.63, 3.8) is 0 Å². The molecule has 0 aromatic carbocycles. The third-order valence-corrected chi connectivity index (χ3v) is 1.67. The largest absolute Gasteiger partial charge is 0.0911 e. The molecule has 0 rings (SSSR count). The third-order valence-electron chi connectivity index (χ3n) is 1.67. The van der Waals surface area contributed by atoms with Gasteiger partial charge in [-0.25, -0.2) is 0 Å². The van der Waals surface area contributed by atoms with Gasteiger partial charge in [0, 0.05) is 0 Å². The Labute approximate surface area is 77.4 Å². The molecule has 0 amide bonds. The molecule has 0 aliphatic heterocycles. The SMILES string of the molecule is C/C=C\C(C)/C=C/CC(C)(C)C. The van der Waals surface area contributed by atoms with Gasteiger partial charge in [0.2, 0.25) is 0 Å². The van der Waals surface area contributed by atoms with Crippen molar-refractivity contribution in [3.05, 3.63) is 24.3 Å². The smallest absolute Gasteiger partial charge is 0.00820 e. The van der Waals surface area contributed by atoms with E-state index in [-0.39, 0.29) is 0 Å². The summed E-state index contributed by atoms with van der Waals surface area (Å²) >= 11 is 0. The van der Waals surface area contributed by atoms with Gasteiger partial charge < -0.3 is 0 Å². The van der Waals surface area contributed by atoms with Crippen LogP contribution >= 0.6 is 0 Å². The topological polar surface area (TPSA) is 0 Å². The van der Waals surface area contributed by atoms with Crippen molar-refractivity contribution in [2.24, 2.45) is 11.3 Å². The van der Waals surface area contributed by atoms with Gasteiger partial charge in [-0.15, -0.1) is 0 Å². The van der Waals surface area contributed by atoms with E-state index in [1.807, 2.05) is 0 Å². The maximum atomic E-state index is 2.28. The van der Waals surface area contributed by atoms with Crippen molar-refractivity contribution in [3.8, 4) is 0 Å². The summed E-state index contributed by atoms with van der Waals surface area (Å²) in [6.07, 6.45) is 10.0. The van der Waals surface area contributed by atoms with Gasteiger partial charge in [-0.05, 0) is 24.7 Å². The fourth-order valence-corrected chi connectivity index (χ4v) is 1.00. The quantitative estimate of drug-likeness (QED) is 0.551. The maximum absolute atomic E-state index is 2.28. The summed E-state index contributed by atoms with van der Waals surface area (Å²) in [5.74, 6) is 0.581. The second-order valence-electron chi connectivity index (χ2n) is 4.58. The molecule has 0 heteroatoms. The van der Waals surface area contributed by atoms with Crippen molar-refractivity contribution < 1.29 is 0 Å². The lowest BCUT2D eigenvalue weighted by Gasteiger charge is -2.14. The molecule has 0 radical (unpaired) electrons. The minimum Gasteiger partial charge on any atom is -0.0911 e. The summed E-state index contributed by atoms with van der Waals surface area (Å²) in [5, 5.41) is 0. The van der Waals surface area contributed by atoms with Crippen LogP contribution in [-0.2, 0) is 0 Å². The monoisotopic (exact) mass is 166 g/mol. The van der Waals surface area contributed by atoms with Crippen molar-refractivity contribution in [1.82, 2.24) is 0 Å². The van der Waals surface area contributed by atoms with Crippen LogP contribution in [0.15, 0.2) is 24.3 Å². The van der Waals surface area contributed by atoms with Crippen LogP contribution in [0, 0.1) is 11.3 Å². The molecular formula is C12H22. The van der Waals surface area contributed by atoms with E-state index >= 15 is 0 Å². The van der Waals surface area contributed by atoms with Crippen LogP contribution in [0.3, 0.4) is 0 Å². The fraction of sp³-hybridized carbons (Fsp3) is 0.667. The lowest BCUT2D eigenvalue weighted by molar-refractivity contribution is 0.420. The summed E-state index contributed by atoms with van der Waals surface area (Å²) in [5.41, 5.74) is 0.423. The Balaban J connectivity index is 3.76. The first-order valence-corrected chi connectivity index (χ1v) is 4.75. The first kappa shape index (κ1) is 11.5. The zero-order valence-corrected chi connectivity index (χ0v) is 9.09. The molecule has 0 bridgehead atoms. The van der Waals surface area contributed by atoms with Crippen LogP contribution in [0.25, 0.3) is 0 Å². The molecule has 0 saturated carbocycles. The van der Waals surface area contributed by atoms with Crippen molar-refractivity contribution >= 4 is 0 Å². The Hall–Kier alpha value is -0.520. The molecule has 1 unspecified atom stereocenters. The minimum atomic E-state index is 0.423. The zero-order valence-electron chi connectivity index (χ0n) is 9.09. The number of allylic oxidation sites excluding steroid dienone is 4. The molecule has 1 atom stereocenters. The van der Waals surface area contributed by atoms with Gasteiger partial charge in [0.1, 0.15) is 0 Å². The molecule has 0 N–H and O–H groups in total. The molecule has 0 aliphatic rings. The van der Waals surface area contributed by atoms with E-state index in [0.29, 0.717) is 11.3 Å². The molecule has 70 valence electrons. The lowest BCUT2D eigenvalue weighted by Crippen LogP contribution is -2.02. The van der Waals surface area contributed by atoms with Gasteiger partial charge in [-0.3, -0.25) is 0 Å². The Morgan fingerprint density at radius 2 is 1.75 bits per heavy atom. The van der Waals surface area contributed by atoms with Crippen LogP contribution in [0.1, 0.15) is 41.0 Å². The number of hydrogen-bond acceptors (Lipinski definition) is 0. The lowest BCUT2D eigenvalue weighted by atomic mass is 9.91. The first-order valence-electron chi connectivity index (χ1n) is 4.75. The summed E-state index contributed by atoms with van der Waals surface area (Å²) in [6, 6.07) is 0. The highest BCUT2D eigenvalue weighted by Crippen LogP contribution is 2.19. The highest BCUT2D eigenvalue weighted by Gasteiger charge is 2.06. The van der Waals surface area contributed by atoms with E-state index < -0.39 is 0 Å². The van der Waals surface area contributed by atoms with Gasteiger partial charge in [0.05, 0.1) is 0 Å². The minimum absolute atomic E-state index is 0.423. The molecule has 0 fully saturated rings. The molecule has 0 aliphatic carbocycles. The predicted molar refractivity (Wildman–Crippen MR) is 57.2 cm³/mol. The van der Waals surface area contributed by atoms with Crippen LogP contribution in [-0.4, -0.2) is 0 Å². The van der Waals surface area contributed by atoms with Crippen molar-refractivity contribution in [1.29, 1.82) is 0 Å². The second-order valence-corrected chi connectivity index (χ2v) is 4.58. The van der Waals surface area contributed by atoms with Crippen molar-refractivity contribution in [2.75, 3.05) is 0 Å². The van der Waals surface area contributed by atoms with E-state index in [0.717, 1.165) is 6.42 Å². The van der Waals surface area contributed by atoms with Gasteiger partial charge in [0.25, 0.3) is 0 Å². The van der Waals surface area contributed by atoms with Gasteiger partial charge in [0.15, 0.2) is 0 Å². The Morgan fingerprint density at radius 3 is 2.17 bits per heavy atom. The molecule has 0 saturated heterocycles. The van der Waals surface area contributed by atoms with Gasteiger partial charge >= 0.3 is 0 Å². The predicted octanol–water partition coefficient (Wildman–Crippen LogP) is 4.19. The molecule has 12 heavy (non-hydrogen) atoms. The van der Waals surface area contributed by atoms with E-state index in [9.17, 15) is 0 Å². The zero-order chi connectivity index (χ0) is 9.61. The van der Waals surface area contributed by atoms with E-state index in [4.69, 9.17) is 0 Å². The van der Waals surface area contributed by atoms with Crippen molar-refractivity contribution in [2.45, 2.75) is 41.0 Å². The standard InChI is InChI=1S/C12H22/c1-6-8-11(2)9-7-10-12(3,4)5/h6-9,11H,10H2,1-5H3/b8-6-,9-7+. The van der Waals surface area contributed by atoms with Crippen LogP contribution in [0.2, 0.25) is 0 Å². The van der Waals surface area contributed by atoms with Crippen LogP contribution in [0.5, 0.6) is 0 Å². The molecule has 0 nitrogen and oxygen atoms in total. The van der Waals surface area contributed by atoms with Crippen LogP contribution in [0.4, 0.5) is 0 Å². The normalized spacial score (nSPS) is 16.1. The summed E-state index contributed by atoms with van der Waals surface area (Å²) in [7, 11) is 0. The van der Waals surface area contributed by atoms with Gasteiger partial charge in [-0.2, -0.15) is 0 Å². The third kappa shape index (κ3) is 7.59. The van der Waals surface area contributed by atoms with E-state index in [1.165, 1.54) is 0 Å². The summed E-state index contributed by atoms with van der Waals surface area (Å²) in [4.78, 5) is 0. The first-order chi connectivity index (χ1) is 5.45. The Kier molecular flexibility index (Phi) is 4.96. The van der Waals surface area contributed by atoms with E-state index in [1.54, 1.807) is 0 Å². The molecule has 0 heterocycles. The highest BCUT2D eigenvalue weighted by atomic mass is 14.1. The highest BCUT2D eigenvalue weighted by molar-refractivity contribution is 4.98. The molecule has 0 spiro atoms. The van der Waals surface area contributed by atoms with E-state index in [2.05, 4.69) is 58.9 Å². The molecular weight excluding hydrogens is 144 g/mol. The maximum Gasteiger partial charge on any atom is -0.00820 e. The fourth-order valence-electron chi connectivity index (χ4n) is 1.00. The number of rotatable bonds is 3. The van der Waals surface area contributed by atoms with Crippen LogP contribution < -0.4 is 0 Å². The average Bonchev–Trinajstić information content (AvgIpc) is 1.84. The molecule has 0 aromatic rings. The summed E-state index contributed by atoms with van der Waals surface area (Å²) in [6.45, 7) is 11.1. The Bertz CT molecular complexity index is 155. The molecule has 0 aromatic heterocycles.